The first kappa shape index (κ1) is 26.8. The van der Waals surface area contributed by atoms with Gasteiger partial charge in [-0.3, -0.25) is 9.59 Å². The largest absolute Gasteiger partial charge is 0.481 e. The summed E-state index contributed by atoms with van der Waals surface area (Å²) in [4.78, 5) is 21.3. The van der Waals surface area contributed by atoms with Crippen LogP contribution in [0.25, 0.3) is 0 Å². The van der Waals surface area contributed by atoms with Gasteiger partial charge in [0.1, 0.15) is 6.61 Å². The first-order valence-electron chi connectivity index (χ1n) is 8.12. The highest BCUT2D eigenvalue weighted by atomic mass is 16.6. The van der Waals surface area contributed by atoms with Crippen molar-refractivity contribution in [3.63, 3.8) is 0 Å². The van der Waals surface area contributed by atoms with E-state index in [-0.39, 0.29) is 34.3 Å². The van der Waals surface area contributed by atoms with E-state index in [0.29, 0.717) is 13.2 Å². The molecule has 140 valence electrons. The maximum Gasteiger partial charge on any atom is 0.306 e. The van der Waals surface area contributed by atoms with E-state index >= 15 is 0 Å². The second kappa shape index (κ2) is 20.9. The quantitative estimate of drug-likeness (QED) is 0.343. The molecule has 0 saturated carbocycles. The molecule has 0 aliphatic rings. The Labute approximate surface area is 142 Å². The molecule has 5 nitrogen and oxygen atoms in total. The zero-order valence-electron chi connectivity index (χ0n) is 13.3. The number of aliphatic carboxylic acids is 1. The Kier molecular flexibility index (Phi) is 24.3. The SMILES string of the molecule is C.C.CCCCCCCCCCOCCOC(=O)CCC(=O)O. The molecule has 0 aromatic rings. The molecule has 0 spiro atoms. The zero-order valence-corrected chi connectivity index (χ0v) is 13.3. The van der Waals surface area contributed by atoms with Crippen LogP contribution >= 0.6 is 0 Å². The minimum Gasteiger partial charge on any atom is -0.481 e. The molecule has 0 rings (SSSR count). The Hall–Kier alpha value is -1.10. The van der Waals surface area contributed by atoms with Crippen LogP contribution in [0.3, 0.4) is 0 Å². The summed E-state index contributed by atoms with van der Waals surface area (Å²) in [6.07, 6.45) is 9.85. The third-order valence-corrected chi connectivity index (χ3v) is 3.18. The van der Waals surface area contributed by atoms with Gasteiger partial charge in [0.25, 0.3) is 0 Å². The van der Waals surface area contributed by atoms with Crippen molar-refractivity contribution >= 4 is 11.9 Å². The molecule has 0 aliphatic heterocycles. The van der Waals surface area contributed by atoms with Crippen molar-refractivity contribution in [1.29, 1.82) is 0 Å². The van der Waals surface area contributed by atoms with Gasteiger partial charge in [0, 0.05) is 6.61 Å². The summed E-state index contributed by atoms with van der Waals surface area (Å²) >= 11 is 0. The molecule has 0 heterocycles. The first-order chi connectivity index (χ1) is 10.2. The van der Waals surface area contributed by atoms with Crippen molar-refractivity contribution in [2.75, 3.05) is 19.8 Å². The Bertz CT molecular complexity index is 266. The van der Waals surface area contributed by atoms with Crippen LogP contribution in [-0.4, -0.2) is 36.9 Å². The Morgan fingerprint density at radius 3 is 1.91 bits per heavy atom. The second-order valence-electron chi connectivity index (χ2n) is 5.20. The number of hydrogen-bond acceptors (Lipinski definition) is 4. The number of carbonyl (C=O) groups is 2. The lowest BCUT2D eigenvalue weighted by Crippen LogP contribution is -2.12. The number of carboxylic acids is 1. The maximum absolute atomic E-state index is 11.1. The molecule has 0 unspecified atom stereocenters. The molecule has 0 amide bonds. The van der Waals surface area contributed by atoms with Gasteiger partial charge in [-0.1, -0.05) is 66.7 Å². The predicted octanol–water partition coefficient (Wildman–Crippen LogP) is 4.82. The molecule has 0 aromatic heterocycles. The Morgan fingerprint density at radius 1 is 0.783 bits per heavy atom. The summed E-state index contributed by atoms with van der Waals surface area (Å²) in [6.45, 7) is 3.51. The van der Waals surface area contributed by atoms with Gasteiger partial charge in [0.05, 0.1) is 19.4 Å². The van der Waals surface area contributed by atoms with Gasteiger partial charge >= 0.3 is 11.9 Å². The van der Waals surface area contributed by atoms with Crippen LogP contribution in [0.5, 0.6) is 0 Å². The lowest BCUT2D eigenvalue weighted by molar-refractivity contribution is -0.148. The topological polar surface area (TPSA) is 72.8 Å². The molecule has 0 atom stereocenters. The lowest BCUT2D eigenvalue weighted by atomic mass is 10.1. The molecule has 5 heteroatoms. The zero-order chi connectivity index (χ0) is 15.8. The van der Waals surface area contributed by atoms with Crippen molar-refractivity contribution < 1.29 is 24.2 Å². The first-order valence-corrected chi connectivity index (χ1v) is 8.12. The van der Waals surface area contributed by atoms with Crippen LogP contribution in [0.15, 0.2) is 0 Å². The molecule has 1 N–H and O–H groups in total. The van der Waals surface area contributed by atoms with Gasteiger partial charge in [-0.05, 0) is 6.42 Å². The van der Waals surface area contributed by atoms with Gasteiger partial charge in [-0.25, -0.2) is 0 Å². The van der Waals surface area contributed by atoms with E-state index in [1.807, 2.05) is 0 Å². The van der Waals surface area contributed by atoms with Crippen LogP contribution in [0, 0.1) is 0 Å². The normalized spacial score (nSPS) is 9.61. The minimum absolute atomic E-state index is 0. The van der Waals surface area contributed by atoms with Crippen LogP contribution in [0.1, 0.15) is 86.0 Å². The van der Waals surface area contributed by atoms with Crippen molar-refractivity contribution in [1.82, 2.24) is 0 Å². The summed E-state index contributed by atoms with van der Waals surface area (Å²) in [5.41, 5.74) is 0. The fourth-order valence-electron chi connectivity index (χ4n) is 1.94. The van der Waals surface area contributed by atoms with Gasteiger partial charge < -0.3 is 14.6 Å². The summed E-state index contributed by atoms with van der Waals surface area (Å²) in [5, 5.41) is 8.40. The Morgan fingerprint density at radius 2 is 1.35 bits per heavy atom. The number of rotatable bonds is 15. The second-order valence-corrected chi connectivity index (χ2v) is 5.20. The van der Waals surface area contributed by atoms with Gasteiger partial charge in [-0.15, -0.1) is 0 Å². The van der Waals surface area contributed by atoms with Crippen LogP contribution in [-0.2, 0) is 19.1 Å². The lowest BCUT2D eigenvalue weighted by Gasteiger charge is -2.06. The third kappa shape index (κ3) is 23.3. The van der Waals surface area contributed by atoms with E-state index in [1.165, 1.54) is 44.9 Å². The van der Waals surface area contributed by atoms with Crippen molar-refractivity contribution in [3.05, 3.63) is 0 Å². The van der Waals surface area contributed by atoms with Gasteiger partial charge in [0.2, 0.25) is 0 Å². The van der Waals surface area contributed by atoms with Crippen LogP contribution in [0.4, 0.5) is 0 Å². The van der Waals surface area contributed by atoms with E-state index in [0.717, 1.165) is 6.42 Å². The van der Waals surface area contributed by atoms with Crippen LogP contribution in [0.2, 0.25) is 0 Å². The molecule has 0 bridgehead atoms. The summed E-state index contributed by atoms with van der Waals surface area (Å²) in [6, 6.07) is 0. The highest BCUT2D eigenvalue weighted by Gasteiger charge is 2.05. The van der Waals surface area contributed by atoms with E-state index in [2.05, 4.69) is 6.92 Å². The maximum atomic E-state index is 11.1. The third-order valence-electron chi connectivity index (χ3n) is 3.18. The smallest absolute Gasteiger partial charge is 0.306 e. The monoisotopic (exact) mass is 334 g/mol. The fraction of sp³-hybridized carbons (Fsp3) is 0.889. The average molecular weight is 334 g/mol. The number of carboxylic acid groups (broad SMARTS) is 1. The summed E-state index contributed by atoms with van der Waals surface area (Å²) < 4.78 is 10.2. The Balaban J connectivity index is -0.00000200. The van der Waals surface area contributed by atoms with Crippen molar-refractivity contribution in [3.8, 4) is 0 Å². The van der Waals surface area contributed by atoms with Gasteiger partial charge in [-0.2, -0.15) is 0 Å². The molecular formula is C18H38O5. The molecule has 0 saturated heterocycles. The summed E-state index contributed by atoms with van der Waals surface area (Å²) in [5.74, 6) is -1.47. The van der Waals surface area contributed by atoms with E-state index < -0.39 is 11.9 Å². The molecule has 0 fully saturated rings. The van der Waals surface area contributed by atoms with E-state index in [4.69, 9.17) is 14.6 Å². The molecule has 0 aromatic carbocycles. The number of hydrogen-bond donors (Lipinski definition) is 1. The molecular weight excluding hydrogens is 296 g/mol. The van der Waals surface area contributed by atoms with Crippen molar-refractivity contribution in [2.45, 2.75) is 86.0 Å². The standard InChI is InChI=1S/C16H30O5.2CH4/c1-2-3-4-5-6-7-8-9-12-20-13-14-21-16(19)11-10-15(17)18;;/h2-14H2,1H3,(H,17,18);2*1H4. The van der Waals surface area contributed by atoms with Gasteiger partial charge in [0.15, 0.2) is 0 Å². The van der Waals surface area contributed by atoms with E-state index in [1.54, 1.807) is 0 Å². The number of unbranched alkanes of at least 4 members (excludes halogenated alkanes) is 7. The van der Waals surface area contributed by atoms with Crippen molar-refractivity contribution in [2.24, 2.45) is 0 Å². The summed E-state index contributed by atoms with van der Waals surface area (Å²) in [7, 11) is 0. The highest BCUT2D eigenvalue weighted by Crippen LogP contribution is 2.08. The molecule has 0 radical (unpaired) electrons. The van der Waals surface area contributed by atoms with Crippen LogP contribution < -0.4 is 0 Å². The number of carbonyl (C=O) groups excluding carboxylic acids is 1. The molecule has 23 heavy (non-hydrogen) atoms. The number of ether oxygens (including phenoxy) is 2. The highest BCUT2D eigenvalue weighted by molar-refractivity contribution is 5.76. The number of esters is 1. The average Bonchev–Trinajstić information content (AvgIpc) is 2.46. The minimum atomic E-state index is -0.988. The molecule has 0 aliphatic carbocycles. The fourth-order valence-corrected chi connectivity index (χ4v) is 1.94. The van der Waals surface area contributed by atoms with E-state index in [9.17, 15) is 9.59 Å². The predicted molar refractivity (Wildman–Crippen MR) is 94.7 cm³/mol.